The molecule has 35 heavy (non-hydrogen) atoms. The van der Waals surface area contributed by atoms with Gasteiger partial charge in [0, 0.05) is 17.8 Å². The van der Waals surface area contributed by atoms with Crippen LogP contribution in [0.1, 0.15) is 36.3 Å². The van der Waals surface area contributed by atoms with Gasteiger partial charge in [-0.3, -0.25) is 4.79 Å². The fraction of sp³-hybridized carbons (Fsp3) is 0.292. The zero-order valence-electron chi connectivity index (χ0n) is 18.9. The minimum atomic E-state index is -4.75. The van der Waals surface area contributed by atoms with E-state index in [2.05, 4.69) is 20.7 Å². The number of hydrogen-bond donors (Lipinski definition) is 2. The lowest BCUT2D eigenvalue weighted by molar-refractivity contribution is -0.145. The van der Waals surface area contributed by atoms with Crippen molar-refractivity contribution < 1.29 is 27.4 Å². The number of aromatic nitrogens is 3. The number of carbonyl (C=O) groups is 1. The van der Waals surface area contributed by atoms with Crippen LogP contribution in [0.5, 0.6) is 11.5 Å². The zero-order chi connectivity index (χ0) is 24.7. The summed E-state index contributed by atoms with van der Waals surface area (Å²) in [5.74, 6) is -0.912. The van der Waals surface area contributed by atoms with Crippen LogP contribution in [0.15, 0.2) is 53.7 Å². The van der Waals surface area contributed by atoms with Crippen molar-refractivity contribution in [2.45, 2.75) is 32.5 Å². The molecule has 8 nitrogen and oxygen atoms in total. The van der Waals surface area contributed by atoms with Crippen molar-refractivity contribution in [1.29, 1.82) is 0 Å². The van der Waals surface area contributed by atoms with Crippen LogP contribution in [-0.2, 0) is 11.0 Å². The monoisotopic (exact) mass is 485 g/mol. The molecule has 2 aliphatic heterocycles. The number of amides is 1. The van der Waals surface area contributed by atoms with Gasteiger partial charge in [-0.15, -0.1) is 5.10 Å². The number of hydrogen-bond acceptors (Lipinski definition) is 6. The second kappa shape index (κ2) is 8.64. The highest BCUT2D eigenvalue weighted by Gasteiger charge is 2.41. The Labute approximate surface area is 198 Å². The fourth-order valence-corrected chi connectivity index (χ4v) is 4.06. The van der Waals surface area contributed by atoms with Crippen LogP contribution in [0.4, 0.5) is 24.8 Å². The molecule has 2 aliphatic rings. The molecule has 2 aromatic carbocycles. The number of rotatable bonds is 3. The van der Waals surface area contributed by atoms with Gasteiger partial charge >= 0.3 is 6.18 Å². The van der Waals surface area contributed by atoms with E-state index >= 15 is 0 Å². The van der Waals surface area contributed by atoms with E-state index < -0.39 is 23.9 Å². The highest BCUT2D eigenvalue weighted by atomic mass is 19.4. The molecule has 11 heteroatoms. The van der Waals surface area contributed by atoms with Crippen molar-refractivity contribution in [3.05, 3.63) is 70.7 Å². The van der Waals surface area contributed by atoms with Crippen molar-refractivity contribution in [3.8, 4) is 11.5 Å². The zero-order valence-corrected chi connectivity index (χ0v) is 18.9. The third kappa shape index (κ3) is 4.41. The van der Waals surface area contributed by atoms with E-state index in [1.165, 1.54) is 0 Å². The van der Waals surface area contributed by atoms with Crippen LogP contribution < -0.4 is 20.1 Å². The van der Waals surface area contributed by atoms with Crippen LogP contribution in [0.25, 0.3) is 0 Å². The Balaban J connectivity index is 1.60. The second-order valence-electron chi connectivity index (χ2n) is 8.34. The lowest BCUT2D eigenvalue weighted by Gasteiger charge is -2.29. The van der Waals surface area contributed by atoms with Crippen molar-refractivity contribution in [2.75, 3.05) is 23.8 Å². The number of alkyl halides is 3. The summed E-state index contributed by atoms with van der Waals surface area (Å²) in [6.07, 6.45) is -4.05. The minimum Gasteiger partial charge on any atom is -0.490 e. The smallest absolute Gasteiger partial charge is 0.453 e. The molecule has 0 bridgehead atoms. The summed E-state index contributed by atoms with van der Waals surface area (Å²) in [5, 5.41) is 9.36. The van der Waals surface area contributed by atoms with E-state index in [9.17, 15) is 18.0 Å². The standard InChI is InChI=1S/C24H22F3N5O3/c1-13-4-7-16(8-5-13)29-21(33)19-14(2)28-23-30-22(24(25,26)27)31-32(23)20(19)15-6-9-17-18(12-15)35-11-3-10-34-17/h4-9,12,20H,3,10-11H2,1-2H3,(H,29,33)(H,28,30,31). The lowest BCUT2D eigenvalue weighted by atomic mass is 9.94. The predicted molar refractivity (Wildman–Crippen MR) is 121 cm³/mol. The number of allylic oxidation sites excluding steroid dienone is 1. The molecule has 0 aliphatic carbocycles. The average molecular weight is 485 g/mol. The minimum absolute atomic E-state index is 0.112. The number of benzene rings is 2. The number of carbonyl (C=O) groups excluding carboxylic acids is 1. The Morgan fingerprint density at radius 1 is 1.09 bits per heavy atom. The predicted octanol–water partition coefficient (Wildman–Crippen LogP) is 4.69. The van der Waals surface area contributed by atoms with Crippen molar-refractivity contribution >= 4 is 17.5 Å². The largest absolute Gasteiger partial charge is 0.490 e. The molecule has 2 N–H and O–H groups in total. The van der Waals surface area contributed by atoms with Gasteiger partial charge in [-0.05, 0) is 43.7 Å². The Bertz CT molecular complexity index is 1310. The highest BCUT2D eigenvalue weighted by Crippen LogP contribution is 2.41. The van der Waals surface area contributed by atoms with Crippen molar-refractivity contribution in [2.24, 2.45) is 0 Å². The van der Waals surface area contributed by atoms with E-state index in [1.54, 1.807) is 37.3 Å². The Morgan fingerprint density at radius 3 is 2.51 bits per heavy atom. The third-order valence-electron chi connectivity index (χ3n) is 5.75. The van der Waals surface area contributed by atoms with Gasteiger partial charge in [0.2, 0.25) is 5.95 Å². The molecule has 1 amide bonds. The number of ether oxygens (including phenoxy) is 2. The molecular formula is C24H22F3N5O3. The maximum absolute atomic E-state index is 13.5. The van der Waals surface area contributed by atoms with Crippen molar-refractivity contribution in [3.63, 3.8) is 0 Å². The van der Waals surface area contributed by atoms with E-state index in [1.807, 2.05) is 19.1 Å². The molecule has 0 spiro atoms. The summed E-state index contributed by atoms with van der Waals surface area (Å²) in [6.45, 7) is 4.47. The lowest BCUT2D eigenvalue weighted by Crippen LogP contribution is -2.31. The number of anilines is 2. The van der Waals surface area contributed by atoms with Gasteiger partial charge in [-0.25, -0.2) is 4.68 Å². The van der Waals surface area contributed by atoms with Gasteiger partial charge in [0.15, 0.2) is 11.5 Å². The van der Waals surface area contributed by atoms with Gasteiger partial charge in [0.05, 0.1) is 18.8 Å². The number of fused-ring (bicyclic) bond motifs is 2. The average Bonchev–Trinajstić information content (AvgIpc) is 3.10. The summed E-state index contributed by atoms with van der Waals surface area (Å²) in [4.78, 5) is 17.1. The molecule has 1 aromatic heterocycles. The molecular weight excluding hydrogens is 463 g/mol. The summed E-state index contributed by atoms with van der Waals surface area (Å²) in [7, 11) is 0. The first kappa shape index (κ1) is 22.8. The van der Waals surface area contributed by atoms with E-state index in [-0.39, 0.29) is 11.5 Å². The third-order valence-corrected chi connectivity index (χ3v) is 5.75. The molecule has 1 atom stereocenters. The van der Waals surface area contributed by atoms with Gasteiger partial charge in [-0.2, -0.15) is 18.2 Å². The van der Waals surface area contributed by atoms with Crippen LogP contribution >= 0.6 is 0 Å². The molecule has 3 heterocycles. The Kier molecular flexibility index (Phi) is 5.62. The molecule has 0 saturated heterocycles. The van der Waals surface area contributed by atoms with E-state index in [0.717, 1.165) is 10.2 Å². The molecule has 3 aromatic rings. The second-order valence-corrected chi connectivity index (χ2v) is 8.34. The Hall–Kier alpha value is -4.02. The van der Waals surface area contributed by atoms with Crippen LogP contribution in [0, 0.1) is 6.92 Å². The van der Waals surface area contributed by atoms with Gasteiger partial charge in [0.1, 0.15) is 6.04 Å². The van der Waals surface area contributed by atoms with E-state index in [0.29, 0.717) is 48.1 Å². The first-order valence-electron chi connectivity index (χ1n) is 11.0. The molecule has 0 saturated carbocycles. The first-order valence-corrected chi connectivity index (χ1v) is 11.0. The van der Waals surface area contributed by atoms with Crippen molar-refractivity contribution in [1.82, 2.24) is 14.8 Å². The number of halogens is 3. The van der Waals surface area contributed by atoms with Gasteiger partial charge in [-0.1, -0.05) is 23.8 Å². The fourth-order valence-electron chi connectivity index (χ4n) is 4.06. The number of nitrogens with one attached hydrogen (secondary N) is 2. The number of aryl methyl sites for hydroxylation is 1. The summed E-state index contributed by atoms with van der Waals surface area (Å²) < 4.78 is 52.9. The SMILES string of the molecule is CC1=C(C(=O)Nc2ccc(C)cc2)C(c2ccc3c(c2)OCCCO3)n2nc(C(F)(F)F)nc2N1. The first-order chi connectivity index (χ1) is 16.7. The normalized spacial score (nSPS) is 17.3. The topological polar surface area (TPSA) is 90.3 Å². The quantitative estimate of drug-likeness (QED) is 0.559. The summed E-state index contributed by atoms with van der Waals surface area (Å²) >= 11 is 0. The molecule has 0 radical (unpaired) electrons. The molecule has 5 rings (SSSR count). The van der Waals surface area contributed by atoms with Gasteiger partial charge < -0.3 is 20.1 Å². The van der Waals surface area contributed by atoms with E-state index in [4.69, 9.17) is 9.47 Å². The summed E-state index contributed by atoms with van der Waals surface area (Å²) in [5.41, 5.74) is 2.64. The van der Waals surface area contributed by atoms with Crippen LogP contribution in [0.2, 0.25) is 0 Å². The molecule has 182 valence electrons. The van der Waals surface area contributed by atoms with Crippen LogP contribution in [0.3, 0.4) is 0 Å². The Morgan fingerprint density at radius 2 is 1.80 bits per heavy atom. The molecule has 0 fully saturated rings. The van der Waals surface area contributed by atoms with Gasteiger partial charge in [0.25, 0.3) is 11.7 Å². The maximum Gasteiger partial charge on any atom is 0.453 e. The van der Waals surface area contributed by atoms with Crippen LogP contribution in [-0.4, -0.2) is 33.9 Å². The number of nitrogens with zero attached hydrogens (tertiary/aromatic N) is 3. The highest BCUT2D eigenvalue weighted by molar-refractivity contribution is 6.06. The maximum atomic E-state index is 13.5. The summed E-state index contributed by atoms with van der Waals surface area (Å²) in [6, 6.07) is 11.3. The molecule has 1 unspecified atom stereocenters.